The van der Waals surface area contributed by atoms with E-state index >= 15 is 0 Å². The lowest BCUT2D eigenvalue weighted by molar-refractivity contribution is -0.120. The minimum atomic E-state index is -0.832. The Morgan fingerprint density at radius 2 is 1.72 bits per heavy atom. The molecule has 2 aromatic rings. The number of amides is 1. The summed E-state index contributed by atoms with van der Waals surface area (Å²) >= 11 is 5.70. The van der Waals surface area contributed by atoms with Gasteiger partial charge in [0.1, 0.15) is 5.54 Å². The van der Waals surface area contributed by atoms with E-state index in [-0.39, 0.29) is 5.91 Å². The Morgan fingerprint density at radius 3 is 2.31 bits per heavy atom. The predicted molar refractivity (Wildman–Crippen MR) is 118 cm³/mol. The van der Waals surface area contributed by atoms with Crippen LogP contribution < -0.4 is 9.80 Å². The van der Waals surface area contributed by atoms with E-state index in [0.29, 0.717) is 22.8 Å². The summed E-state index contributed by atoms with van der Waals surface area (Å²) in [6.45, 7) is 5.57. The number of carbonyl (C=O) groups excluding carboxylic acids is 1. The molecule has 1 saturated heterocycles. The van der Waals surface area contributed by atoms with Gasteiger partial charge in [-0.1, -0.05) is 12.1 Å². The third-order valence-electron chi connectivity index (χ3n) is 5.21. The molecule has 0 unspecified atom stereocenters. The fourth-order valence-electron chi connectivity index (χ4n) is 3.55. The molecule has 1 aliphatic heterocycles. The van der Waals surface area contributed by atoms with Gasteiger partial charge in [0, 0.05) is 12.1 Å². The number of rotatable bonds is 5. The van der Waals surface area contributed by atoms with Gasteiger partial charge in [0.05, 0.1) is 23.4 Å². The van der Waals surface area contributed by atoms with E-state index in [1.165, 1.54) is 0 Å². The number of anilines is 2. The van der Waals surface area contributed by atoms with Crippen molar-refractivity contribution >= 4 is 34.6 Å². The molecule has 0 spiro atoms. The molecular formula is C23H22N4OS. The molecule has 0 aromatic heterocycles. The van der Waals surface area contributed by atoms with E-state index < -0.39 is 5.54 Å². The van der Waals surface area contributed by atoms with Crippen molar-refractivity contribution in [2.75, 3.05) is 9.80 Å². The predicted octanol–water partition coefficient (Wildman–Crippen LogP) is 4.63. The van der Waals surface area contributed by atoms with Crippen molar-refractivity contribution in [3.8, 4) is 12.1 Å². The molecule has 1 heterocycles. The first-order valence-electron chi connectivity index (χ1n) is 9.46. The summed E-state index contributed by atoms with van der Waals surface area (Å²) in [5.41, 5.74) is 3.22. The van der Waals surface area contributed by atoms with Gasteiger partial charge >= 0.3 is 0 Å². The zero-order valence-electron chi connectivity index (χ0n) is 16.8. The second kappa shape index (κ2) is 8.03. The first-order valence-corrected chi connectivity index (χ1v) is 9.87. The van der Waals surface area contributed by atoms with Gasteiger partial charge in [-0.15, -0.1) is 0 Å². The molecule has 0 N–H and O–H groups in total. The SMILES string of the molecule is Cc1cc(N2C(=O)C(C)(C)N(c3ccc(CCCC#N)cc3)C2=S)ccc1C#N. The Kier molecular flexibility index (Phi) is 5.68. The molecule has 0 atom stereocenters. The highest BCUT2D eigenvalue weighted by molar-refractivity contribution is 7.81. The molecule has 1 aliphatic rings. The minimum absolute atomic E-state index is 0.107. The third-order valence-corrected chi connectivity index (χ3v) is 5.57. The number of unbranched alkanes of at least 4 members (excludes halogenated alkanes) is 1. The van der Waals surface area contributed by atoms with E-state index in [4.69, 9.17) is 22.7 Å². The summed E-state index contributed by atoms with van der Waals surface area (Å²) in [7, 11) is 0. The average molecular weight is 403 g/mol. The molecule has 5 nitrogen and oxygen atoms in total. The lowest BCUT2D eigenvalue weighted by atomic mass is 10.0. The van der Waals surface area contributed by atoms with Crippen molar-refractivity contribution in [2.24, 2.45) is 0 Å². The Morgan fingerprint density at radius 1 is 1.07 bits per heavy atom. The van der Waals surface area contributed by atoms with Gasteiger partial charge in [-0.2, -0.15) is 10.5 Å². The molecule has 0 radical (unpaired) electrons. The summed E-state index contributed by atoms with van der Waals surface area (Å²) in [4.78, 5) is 16.6. The van der Waals surface area contributed by atoms with Crippen LogP contribution in [0.2, 0.25) is 0 Å². The van der Waals surface area contributed by atoms with Crippen molar-refractivity contribution in [1.82, 2.24) is 0 Å². The quantitative estimate of drug-likeness (QED) is 0.539. The number of thiocarbonyl (C=S) groups is 1. The van der Waals surface area contributed by atoms with Gasteiger partial charge in [0.2, 0.25) is 0 Å². The maximum Gasteiger partial charge on any atom is 0.259 e. The number of carbonyl (C=O) groups is 1. The smallest absolute Gasteiger partial charge is 0.259 e. The second-order valence-corrected chi connectivity index (χ2v) is 7.97. The molecule has 2 aromatic carbocycles. The Hall–Kier alpha value is -3.22. The van der Waals surface area contributed by atoms with Crippen LogP contribution in [0, 0.1) is 29.6 Å². The largest absolute Gasteiger partial charge is 0.304 e. The molecular weight excluding hydrogens is 380 g/mol. The zero-order valence-corrected chi connectivity index (χ0v) is 17.6. The minimum Gasteiger partial charge on any atom is -0.304 e. The van der Waals surface area contributed by atoms with Crippen LogP contribution in [0.5, 0.6) is 0 Å². The van der Waals surface area contributed by atoms with Crippen LogP contribution in [0.25, 0.3) is 0 Å². The molecule has 0 bridgehead atoms. The number of nitrogens with zero attached hydrogens (tertiary/aromatic N) is 4. The van der Waals surface area contributed by atoms with Crippen molar-refractivity contribution in [2.45, 2.75) is 45.6 Å². The van der Waals surface area contributed by atoms with E-state index in [0.717, 1.165) is 29.7 Å². The molecule has 0 saturated carbocycles. The number of aryl methyl sites for hydroxylation is 2. The Bertz CT molecular complexity index is 1040. The number of hydrogen-bond donors (Lipinski definition) is 0. The normalized spacial score (nSPS) is 15.3. The van der Waals surface area contributed by atoms with Crippen LogP contribution in [-0.2, 0) is 11.2 Å². The Labute approximate surface area is 176 Å². The fraction of sp³-hybridized carbons (Fsp3) is 0.304. The number of nitriles is 2. The van der Waals surface area contributed by atoms with Gasteiger partial charge in [-0.25, -0.2) is 0 Å². The molecule has 29 heavy (non-hydrogen) atoms. The van der Waals surface area contributed by atoms with E-state index in [2.05, 4.69) is 12.1 Å². The fourth-order valence-corrected chi connectivity index (χ4v) is 4.07. The zero-order chi connectivity index (χ0) is 21.2. The standard InChI is InChI=1S/C23H22N4OS/c1-16-14-20(12-9-18(16)15-25)26-21(28)23(2,3)27(22(26)29)19-10-7-17(8-11-19)6-4-5-13-24/h7-12,14H,4-6H2,1-3H3. The molecule has 146 valence electrons. The summed E-state index contributed by atoms with van der Waals surface area (Å²) < 4.78 is 0. The molecule has 3 rings (SSSR count). The van der Waals surface area contributed by atoms with Crippen LogP contribution >= 0.6 is 12.2 Å². The summed E-state index contributed by atoms with van der Waals surface area (Å²) in [6, 6.07) is 17.6. The average Bonchev–Trinajstić information content (AvgIpc) is 2.87. The number of hydrogen-bond acceptors (Lipinski definition) is 4. The summed E-state index contributed by atoms with van der Waals surface area (Å²) in [5, 5.41) is 18.3. The molecule has 1 amide bonds. The summed E-state index contributed by atoms with van der Waals surface area (Å²) in [5.74, 6) is -0.107. The molecule has 1 fully saturated rings. The Balaban J connectivity index is 1.92. The van der Waals surface area contributed by atoms with Crippen molar-refractivity contribution in [1.29, 1.82) is 10.5 Å². The van der Waals surface area contributed by atoms with Crippen molar-refractivity contribution in [3.05, 3.63) is 59.2 Å². The van der Waals surface area contributed by atoms with Gasteiger partial charge in [-0.3, -0.25) is 9.69 Å². The first-order chi connectivity index (χ1) is 13.8. The lowest BCUT2D eigenvalue weighted by Gasteiger charge is -2.29. The lowest BCUT2D eigenvalue weighted by Crippen LogP contribution is -2.44. The first kappa shape index (κ1) is 20.5. The van der Waals surface area contributed by atoms with Gasteiger partial charge in [-0.05, 0) is 87.3 Å². The third kappa shape index (κ3) is 3.72. The van der Waals surface area contributed by atoms with Crippen LogP contribution in [0.15, 0.2) is 42.5 Å². The maximum atomic E-state index is 13.2. The van der Waals surface area contributed by atoms with Crippen LogP contribution in [0.3, 0.4) is 0 Å². The highest BCUT2D eigenvalue weighted by atomic mass is 32.1. The van der Waals surface area contributed by atoms with Crippen LogP contribution in [0.4, 0.5) is 11.4 Å². The van der Waals surface area contributed by atoms with Crippen molar-refractivity contribution in [3.63, 3.8) is 0 Å². The highest BCUT2D eigenvalue weighted by Crippen LogP contribution is 2.36. The highest BCUT2D eigenvalue weighted by Gasteiger charge is 2.50. The topological polar surface area (TPSA) is 71.1 Å². The van der Waals surface area contributed by atoms with Gasteiger partial charge in [0.25, 0.3) is 5.91 Å². The maximum absolute atomic E-state index is 13.2. The number of benzene rings is 2. The molecule has 6 heteroatoms. The van der Waals surface area contributed by atoms with Crippen LogP contribution in [-0.4, -0.2) is 16.6 Å². The van der Waals surface area contributed by atoms with Crippen molar-refractivity contribution < 1.29 is 4.79 Å². The van der Waals surface area contributed by atoms with Gasteiger partial charge in [0.15, 0.2) is 5.11 Å². The van der Waals surface area contributed by atoms with Crippen LogP contribution in [0.1, 0.15) is 43.4 Å². The molecule has 0 aliphatic carbocycles. The second-order valence-electron chi connectivity index (χ2n) is 7.61. The van der Waals surface area contributed by atoms with E-state index in [1.54, 1.807) is 17.0 Å². The monoisotopic (exact) mass is 402 g/mol. The summed E-state index contributed by atoms with van der Waals surface area (Å²) in [6.07, 6.45) is 2.21. The van der Waals surface area contributed by atoms with E-state index in [9.17, 15) is 4.79 Å². The van der Waals surface area contributed by atoms with E-state index in [1.807, 2.05) is 56.0 Å². The van der Waals surface area contributed by atoms with Gasteiger partial charge < -0.3 is 4.90 Å².